The van der Waals surface area contributed by atoms with Crippen LogP contribution in [0.1, 0.15) is 53.4 Å². The summed E-state index contributed by atoms with van der Waals surface area (Å²) in [5, 5.41) is 0. The van der Waals surface area contributed by atoms with E-state index in [1.54, 1.807) is 27.7 Å². The molecule has 0 radical (unpaired) electrons. The predicted octanol–water partition coefficient (Wildman–Crippen LogP) is 2.14. The lowest BCUT2D eigenvalue weighted by Crippen LogP contribution is -2.42. The summed E-state index contributed by atoms with van der Waals surface area (Å²) in [6.45, 7) is 9.88. The summed E-state index contributed by atoms with van der Waals surface area (Å²) in [5.41, 5.74) is -3.75. The quantitative estimate of drug-likeness (QED) is 0.0914. The fourth-order valence-electron chi connectivity index (χ4n) is 2.97. The molecule has 0 heterocycles. The van der Waals surface area contributed by atoms with Crippen LogP contribution in [0.25, 0.3) is 0 Å². The zero-order chi connectivity index (χ0) is 27.6. The van der Waals surface area contributed by atoms with Gasteiger partial charge in [-0.3, -0.25) is 19.2 Å². The monoisotopic (exact) mass is 506 g/mol. The molecule has 0 rings (SSSR count). The summed E-state index contributed by atoms with van der Waals surface area (Å²) in [6.07, 6.45) is 0.0783. The van der Waals surface area contributed by atoms with E-state index in [1.807, 2.05) is 0 Å². The number of rotatable bonds is 13. The first kappa shape index (κ1) is 32.2. The number of carbonyl (C=O) groups excluding carboxylic acids is 5. The predicted molar refractivity (Wildman–Crippen MR) is 128 cm³/mol. The maximum absolute atomic E-state index is 12.9. The van der Waals surface area contributed by atoms with Gasteiger partial charge in [0.1, 0.15) is 0 Å². The van der Waals surface area contributed by atoms with E-state index in [4.69, 9.17) is 18.9 Å². The third-order valence-corrected chi connectivity index (χ3v) is 4.83. The molecule has 0 aromatic rings. The highest BCUT2D eigenvalue weighted by molar-refractivity contribution is 6.01. The molecule has 0 bridgehead atoms. The van der Waals surface area contributed by atoms with Gasteiger partial charge in [0.2, 0.25) is 0 Å². The second-order valence-corrected chi connectivity index (χ2v) is 7.22. The van der Waals surface area contributed by atoms with Gasteiger partial charge in [0, 0.05) is 25.2 Å². The SMILES string of the molecule is C=CCC(CC#CCC(CC#CC(=O)OC)(C(=O)OCC)C(=O)OCC)(C(=O)OCC)C(=O)OCC. The van der Waals surface area contributed by atoms with Crippen molar-refractivity contribution in [2.75, 3.05) is 33.5 Å². The molecule has 0 aliphatic heterocycles. The largest absolute Gasteiger partial charge is 0.465 e. The summed E-state index contributed by atoms with van der Waals surface area (Å²) < 4.78 is 24.8. The minimum absolute atomic E-state index is 0.0260. The molecule has 0 saturated heterocycles. The Morgan fingerprint density at radius 1 is 0.667 bits per heavy atom. The lowest BCUT2D eigenvalue weighted by atomic mass is 9.79. The molecule has 36 heavy (non-hydrogen) atoms. The second-order valence-electron chi connectivity index (χ2n) is 7.22. The molecule has 198 valence electrons. The summed E-state index contributed by atoms with van der Waals surface area (Å²) in [5.74, 6) is 5.58. The molecule has 10 nitrogen and oxygen atoms in total. The maximum Gasteiger partial charge on any atom is 0.384 e. The van der Waals surface area contributed by atoms with Crippen molar-refractivity contribution in [2.45, 2.75) is 53.4 Å². The van der Waals surface area contributed by atoms with E-state index < -0.39 is 53.5 Å². The van der Waals surface area contributed by atoms with Gasteiger partial charge in [0.25, 0.3) is 0 Å². The van der Waals surface area contributed by atoms with Gasteiger partial charge in [-0.2, -0.15) is 0 Å². The number of hydrogen-bond donors (Lipinski definition) is 0. The Bertz CT molecular complexity index is 890. The van der Waals surface area contributed by atoms with Crippen molar-refractivity contribution in [1.82, 2.24) is 0 Å². The lowest BCUT2D eigenvalue weighted by molar-refractivity contribution is -0.173. The average Bonchev–Trinajstić information content (AvgIpc) is 2.84. The van der Waals surface area contributed by atoms with Crippen molar-refractivity contribution in [2.24, 2.45) is 10.8 Å². The van der Waals surface area contributed by atoms with Crippen molar-refractivity contribution in [3.63, 3.8) is 0 Å². The summed E-state index contributed by atoms with van der Waals surface area (Å²) in [4.78, 5) is 62.6. The van der Waals surface area contributed by atoms with Gasteiger partial charge in [-0.15, -0.1) is 18.4 Å². The smallest absolute Gasteiger partial charge is 0.384 e. The Hall–Kier alpha value is -3.79. The Morgan fingerprint density at radius 2 is 1.03 bits per heavy atom. The van der Waals surface area contributed by atoms with Crippen LogP contribution in [-0.2, 0) is 47.7 Å². The van der Waals surface area contributed by atoms with Gasteiger partial charge < -0.3 is 23.7 Å². The van der Waals surface area contributed by atoms with Gasteiger partial charge in [0.05, 0.1) is 33.5 Å². The zero-order valence-corrected chi connectivity index (χ0v) is 21.5. The van der Waals surface area contributed by atoms with E-state index in [0.29, 0.717) is 0 Å². The number of methoxy groups -OCH3 is 1. The first-order chi connectivity index (χ1) is 17.1. The van der Waals surface area contributed by atoms with Gasteiger partial charge >= 0.3 is 29.8 Å². The average molecular weight is 507 g/mol. The van der Waals surface area contributed by atoms with Crippen LogP contribution in [0.3, 0.4) is 0 Å². The Kier molecular flexibility index (Phi) is 15.0. The highest BCUT2D eigenvalue weighted by Crippen LogP contribution is 2.33. The van der Waals surface area contributed by atoms with Crippen LogP contribution in [-0.4, -0.2) is 63.4 Å². The Balaban J connectivity index is 6.42. The minimum atomic E-state index is -1.98. The molecule has 0 spiro atoms. The lowest BCUT2D eigenvalue weighted by Gasteiger charge is -2.26. The third-order valence-electron chi connectivity index (χ3n) is 4.83. The van der Waals surface area contributed by atoms with Gasteiger partial charge in [-0.1, -0.05) is 12.0 Å². The Labute approximate surface area is 212 Å². The van der Waals surface area contributed by atoms with Crippen LogP contribution in [0.4, 0.5) is 0 Å². The highest BCUT2D eigenvalue weighted by atomic mass is 16.6. The Morgan fingerprint density at radius 3 is 1.39 bits per heavy atom. The fraction of sp³-hybridized carbons (Fsp3) is 0.577. The minimum Gasteiger partial charge on any atom is -0.465 e. The summed E-state index contributed by atoms with van der Waals surface area (Å²) in [7, 11) is 1.13. The van der Waals surface area contributed by atoms with E-state index in [0.717, 1.165) is 7.11 Å². The van der Waals surface area contributed by atoms with E-state index in [2.05, 4.69) is 35.0 Å². The van der Waals surface area contributed by atoms with Crippen LogP contribution < -0.4 is 0 Å². The molecule has 0 aliphatic rings. The van der Waals surface area contributed by atoms with E-state index >= 15 is 0 Å². The molecular formula is C26H34O10. The van der Waals surface area contributed by atoms with Crippen molar-refractivity contribution < 1.29 is 47.7 Å². The molecule has 0 atom stereocenters. The van der Waals surface area contributed by atoms with Crippen LogP contribution in [0, 0.1) is 34.5 Å². The molecule has 0 N–H and O–H groups in total. The number of esters is 5. The molecule has 0 saturated carbocycles. The van der Waals surface area contributed by atoms with Crippen LogP contribution in [0.15, 0.2) is 12.7 Å². The second kappa shape index (κ2) is 16.8. The maximum atomic E-state index is 12.9. The van der Waals surface area contributed by atoms with Crippen LogP contribution >= 0.6 is 0 Å². The molecule has 0 amide bonds. The van der Waals surface area contributed by atoms with Gasteiger partial charge in [0.15, 0.2) is 10.8 Å². The fourth-order valence-corrected chi connectivity index (χ4v) is 2.97. The van der Waals surface area contributed by atoms with Crippen molar-refractivity contribution >= 4 is 29.8 Å². The summed E-state index contributed by atoms with van der Waals surface area (Å²) >= 11 is 0. The highest BCUT2D eigenvalue weighted by Gasteiger charge is 2.49. The zero-order valence-electron chi connectivity index (χ0n) is 21.5. The van der Waals surface area contributed by atoms with E-state index in [-0.39, 0.29) is 39.3 Å². The molecule has 0 aliphatic carbocycles. The molecule has 10 heteroatoms. The van der Waals surface area contributed by atoms with Crippen LogP contribution in [0.5, 0.6) is 0 Å². The van der Waals surface area contributed by atoms with E-state index in [9.17, 15) is 24.0 Å². The molecule has 0 aromatic heterocycles. The molecular weight excluding hydrogens is 472 g/mol. The first-order valence-corrected chi connectivity index (χ1v) is 11.5. The number of allylic oxidation sites excluding steroid dienone is 1. The van der Waals surface area contributed by atoms with Crippen LogP contribution in [0.2, 0.25) is 0 Å². The summed E-state index contributed by atoms with van der Waals surface area (Å²) in [6, 6.07) is 0. The van der Waals surface area contributed by atoms with E-state index in [1.165, 1.54) is 6.08 Å². The van der Waals surface area contributed by atoms with Crippen molar-refractivity contribution in [3.8, 4) is 23.7 Å². The normalized spacial score (nSPS) is 10.4. The number of carbonyl (C=O) groups is 5. The van der Waals surface area contributed by atoms with Gasteiger partial charge in [-0.05, 0) is 34.1 Å². The molecule has 0 unspecified atom stereocenters. The van der Waals surface area contributed by atoms with Gasteiger partial charge in [-0.25, -0.2) is 4.79 Å². The number of hydrogen-bond acceptors (Lipinski definition) is 10. The molecule has 0 fully saturated rings. The first-order valence-electron chi connectivity index (χ1n) is 11.5. The molecule has 0 aromatic carbocycles. The third kappa shape index (κ3) is 8.77. The van der Waals surface area contributed by atoms with Crippen molar-refractivity contribution in [1.29, 1.82) is 0 Å². The standard InChI is InChI=1S/C26H34O10/c1-7-16-25(21(28)33-8-2,22(29)34-9-3)17-12-13-18-26(23(30)35-10-4,24(31)36-11-5)19-14-15-20(27)32-6/h7H,1,8-11,16-19H2,2-6H3. The topological polar surface area (TPSA) is 132 Å². The van der Waals surface area contributed by atoms with Crippen molar-refractivity contribution in [3.05, 3.63) is 12.7 Å². The number of ether oxygens (including phenoxy) is 5.